The highest BCUT2D eigenvalue weighted by Gasteiger charge is 2.18. The molecule has 0 aromatic heterocycles. The molecule has 0 saturated heterocycles. The van der Waals surface area contributed by atoms with Crippen LogP contribution in [0.3, 0.4) is 0 Å². The lowest BCUT2D eigenvalue weighted by Crippen LogP contribution is -2.33. The minimum atomic E-state index is 0.120. The molecule has 0 saturated carbocycles. The molecule has 0 N–H and O–H groups in total. The Morgan fingerprint density at radius 1 is 1.21 bits per heavy atom. The third-order valence-electron chi connectivity index (χ3n) is 3.57. The summed E-state index contributed by atoms with van der Waals surface area (Å²) in [6.07, 6.45) is 3.75. The number of rotatable bonds is 6. The molecule has 1 aromatic carbocycles. The molecule has 0 radical (unpaired) electrons. The summed E-state index contributed by atoms with van der Waals surface area (Å²) >= 11 is 0. The lowest BCUT2D eigenvalue weighted by atomic mass is 10.1. The van der Waals surface area contributed by atoms with Gasteiger partial charge in [-0.05, 0) is 25.8 Å². The Morgan fingerprint density at radius 2 is 1.84 bits per heavy atom. The molecule has 0 aliphatic heterocycles. The Morgan fingerprint density at radius 3 is 2.37 bits per heavy atom. The molecule has 104 valence electrons. The molecular formula is C17H25NO. The van der Waals surface area contributed by atoms with Crippen LogP contribution in [-0.2, 0) is 4.79 Å². The normalized spacial score (nSPS) is 13.2. The second-order valence-corrected chi connectivity index (χ2v) is 4.89. The van der Waals surface area contributed by atoms with Crippen LogP contribution in [0.25, 0.3) is 0 Å². The molecule has 2 nitrogen and oxygen atoms in total. The molecule has 0 fully saturated rings. The van der Waals surface area contributed by atoms with Crippen molar-refractivity contribution in [2.45, 2.75) is 46.6 Å². The van der Waals surface area contributed by atoms with Crippen LogP contribution in [0.1, 0.15) is 52.1 Å². The number of hydrogen-bond donors (Lipinski definition) is 0. The van der Waals surface area contributed by atoms with Gasteiger partial charge in [0.2, 0.25) is 5.91 Å². The van der Waals surface area contributed by atoms with Gasteiger partial charge in [-0.3, -0.25) is 4.79 Å². The van der Waals surface area contributed by atoms with Crippen LogP contribution in [0.4, 0.5) is 0 Å². The largest absolute Gasteiger partial charge is 0.332 e. The second-order valence-electron chi connectivity index (χ2n) is 4.89. The fourth-order valence-corrected chi connectivity index (χ4v) is 1.99. The van der Waals surface area contributed by atoms with Crippen molar-refractivity contribution in [2.24, 2.45) is 0 Å². The van der Waals surface area contributed by atoms with Crippen LogP contribution in [-0.4, -0.2) is 17.4 Å². The van der Waals surface area contributed by atoms with Crippen LogP contribution < -0.4 is 0 Å². The minimum absolute atomic E-state index is 0.120. The fourth-order valence-electron chi connectivity index (χ4n) is 1.99. The van der Waals surface area contributed by atoms with Gasteiger partial charge >= 0.3 is 0 Å². The zero-order chi connectivity index (χ0) is 14.3. The predicted molar refractivity (Wildman–Crippen MR) is 80.9 cm³/mol. The Kier molecular flexibility index (Phi) is 6.34. The van der Waals surface area contributed by atoms with Gasteiger partial charge in [0.25, 0.3) is 0 Å². The van der Waals surface area contributed by atoms with Gasteiger partial charge in [-0.25, -0.2) is 0 Å². The van der Waals surface area contributed by atoms with E-state index in [0.717, 1.165) is 6.42 Å². The number of nitrogens with zero attached hydrogens (tertiary/aromatic N) is 1. The fraction of sp³-hybridized carbons (Fsp3) is 0.471. The van der Waals surface area contributed by atoms with Gasteiger partial charge in [0.05, 0.1) is 6.04 Å². The van der Waals surface area contributed by atoms with E-state index in [-0.39, 0.29) is 11.9 Å². The lowest BCUT2D eigenvalue weighted by molar-refractivity contribution is -0.132. The quantitative estimate of drug-likeness (QED) is 0.696. The highest BCUT2D eigenvalue weighted by Crippen LogP contribution is 2.21. The molecule has 0 spiro atoms. The zero-order valence-corrected chi connectivity index (χ0v) is 12.5. The standard InChI is InChI=1S/C17H25NO/c1-5-14(3)12-13-18(17(19)6-2)15(4)16-10-8-7-9-11-16/h7-12,15H,5-6,13H2,1-4H3/b14-12+/t15-/m0/s1. The molecule has 0 unspecified atom stereocenters. The molecule has 0 heterocycles. The molecule has 1 aromatic rings. The third kappa shape index (κ3) is 4.55. The molecule has 1 rings (SSSR count). The van der Waals surface area contributed by atoms with Crippen LogP contribution in [0, 0.1) is 0 Å². The summed E-state index contributed by atoms with van der Waals surface area (Å²) in [5, 5.41) is 0. The van der Waals surface area contributed by atoms with Crippen molar-refractivity contribution in [1.29, 1.82) is 0 Å². The van der Waals surface area contributed by atoms with Crippen molar-refractivity contribution in [2.75, 3.05) is 6.54 Å². The first kappa shape index (κ1) is 15.5. The van der Waals surface area contributed by atoms with Crippen molar-refractivity contribution in [1.82, 2.24) is 4.90 Å². The highest BCUT2D eigenvalue weighted by atomic mass is 16.2. The monoisotopic (exact) mass is 259 g/mol. The van der Waals surface area contributed by atoms with Crippen molar-refractivity contribution in [3.05, 3.63) is 47.5 Å². The maximum atomic E-state index is 12.1. The third-order valence-corrected chi connectivity index (χ3v) is 3.57. The van der Waals surface area contributed by atoms with E-state index in [0.29, 0.717) is 13.0 Å². The Labute approximate surface area is 117 Å². The first-order chi connectivity index (χ1) is 9.10. The minimum Gasteiger partial charge on any atom is -0.332 e. The number of carbonyl (C=O) groups is 1. The summed E-state index contributed by atoms with van der Waals surface area (Å²) in [7, 11) is 0. The second kappa shape index (κ2) is 7.78. The molecule has 0 aliphatic rings. The topological polar surface area (TPSA) is 20.3 Å². The first-order valence-electron chi connectivity index (χ1n) is 7.10. The lowest BCUT2D eigenvalue weighted by Gasteiger charge is -2.28. The summed E-state index contributed by atoms with van der Waals surface area (Å²) in [6.45, 7) is 8.96. The number of amides is 1. The van der Waals surface area contributed by atoms with E-state index in [2.05, 4.69) is 39.0 Å². The Balaban J connectivity index is 2.88. The molecule has 0 bridgehead atoms. The summed E-state index contributed by atoms with van der Waals surface area (Å²) in [5.74, 6) is 0.205. The van der Waals surface area contributed by atoms with Crippen molar-refractivity contribution < 1.29 is 4.79 Å². The maximum absolute atomic E-state index is 12.1. The average Bonchev–Trinajstić information content (AvgIpc) is 2.47. The summed E-state index contributed by atoms with van der Waals surface area (Å²) < 4.78 is 0. The van der Waals surface area contributed by atoms with Crippen molar-refractivity contribution >= 4 is 5.91 Å². The molecule has 0 aliphatic carbocycles. The van der Waals surface area contributed by atoms with E-state index in [9.17, 15) is 4.79 Å². The smallest absolute Gasteiger partial charge is 0.223 e. The maximum Gasteiger partial charge on any atom is 0.223 e. The van der Waals surface area contributed by atoms with Gasteiger partial charge in [-0.2, -0.15) is 0 Å². The van der Waals surface area contributed by atoms with Gasteiger partial charge in [0.1, 0.15) is 0 Å². The van der Waals surface area contributed by atoms with E-state index < -0.39 is 0 Å². The first-order valence-corrected chi connectivity index (χ1v) is 7.10. The van der Waals surface area contributed by atoms with Gasteiger partial charge in [0.15, 0.2) is 0 Å². The van der Waals surface area contributed by atoms with E-state index in [1.165, 1.54) is 11.1 Å². The number of hydrogen-bond acceptors (Lipinski definition) is 1. The van der Waals surface area contributed by atoms with E-state index >= 15 is 0 Å². The summed E-state index contributed by atoms with van der Waals surface area (Å²) in [4.78, 5) is 14.1. The number of allylic oxidation sites excluding steroid dienone is 1. The van der Waals surface area contributed by atoms with Crippen LogP contribution >= 0.6 is 0 Å². The predicted octanol–water partition coefficient (Wildman–Crippen LogP) is 4.34. The van der Waals surface area contributed by atoms with Gasteiger partial charge in [0, 0.05) is 13.0 Å². The van der Waals surface area contributed by atoms with Gasteiger partial charge < -0.3 is 4.90 Å². The van der Waals surface area contributed by atoms with Crippen LogP contribution in [0.2, 0.25) is 0 Å². The average molecular weight is 259 g/mol. The van der Waals surface area contributed by atoms with Crippen molar-refractivity contribution in [3.8, 4) is 0 Å². The van der Waals surface area contributed by atoms with Crippen LogP contribution in [0.5, 0.6) is 0 Å². The SMILES string of the molecule is CCC(=O)N(C/C=C(\C)CC)[C@@H](C)c1ccccc1. The molecule has 1 amide bonds. The molecular weight excluding hydrogens is 234 g/mol. The van der Waals surface area contributed by atoms with Crippen molar-refractivity contribution in [3.63, 3.8) is 0 Å². The highest BCUT2D eigenvalue weighted by molar-refractivity contribution is 5.76. The van der Waals surface area contributed by atoms with E-state index in [1.807, 2.05) is 30.0 Å². The van der Waals surface area contributed by atoms with Gasteiger partial charge in [-0.15, -0.1) is 0 Å². The molecule has 1 atom stereocenters. The zero-order valence-electron chi connectivity index (χ0n) is 12.5. The van der Waals surface area contributed by atoms with E-state index in [1.54, 1.807) is 0 Å². The summed E-state index contributed by atoms with van der Waals surface area (Å²) in [5.41, 5.74) is 2.51. The number of benzene rings is 1. The number of carbonyl (C=O) groups excluding carboxylic acids is 1. The Hall–Kier alpha value is -1.57. The molecule has 19 heavy (non-hydrogen) atoms. The molecule has 2 heteroatoms. The summed E-state index contributed by atoms with van der Waals surface area (Å²) in [6, 6.07) is 10.3. The Bertz CT molecular complexity index is 422. The van der Waals surface area contributed by atoms with Gasteiger partial charge in [-0.1, -0.05) is 55.8 Å². The van der Waals surface area contributed by atoms with E-state index in [4.69, 9.17) is 0 Å². The van der Waals surface area contributed by atoms with Crippen LogP contribution in [0.15, 0.2) is 42.0 Å².